The van der Waals surface area contributed by atoms with E-state index < -0.39 is 94.5 Å². The lowest BCUT2D eigenvalue weighted by Crippen LogP contribution is -2.64. The maximum absolute atomic E-state index is 12.6. The molecule has 2 rings (SSSR count). The molecule has 0 radical (unpaired) electrons. The number of carbonyl (C=O) groups excluding carboxylic acids is 2. The van der Waals surface area contributed by atoms with Gasteiger partial charge in [-0.1, -0.05) is 200 Å². The first-order valence-electron chi connectivity index (χ1n) is 31.8. The summed E-state index contributed by atoms with van der Waals surface area (Å²) in [4.78, 5) is 35.4. The maximum Gasteiger partial charge on any atom is 0.472 e. The highest BCUT2D eigenvalue weighted by molar-refractivity contribution is 7.47. The zero-order valence-corrected chi connectivity index (χ0v) is 51.8. The molecule has 0 bridgehead atoms. The molecule has 0 aromatic rings. The van der Waals surface area contributed by atoms with Crippen molar-refractivity contribution in [3.8, 4) is 0 Å². The highest BCUT2D eigenvalue weighted by Gasteiger charge is 2.51. The predicted molar refractivity (Wildman–Crippen MR) is 310 cm³/mol. The second-order valence-electron chi connectivity index (χ2n) is 24.0. The summed E-state index contributed by atoms with van der Waals surface area (Å²) in [5.74, 6) is -0.121. The van der Waals surface area contributed by atoms with Gasteiger partial charge in [0.2, 0.25) is 6.29 Å². The fraction of sp³-hybridized carbons (Fsp3) is 0.967. The molecule has 2 heterocycles. The molecule has 20 nitrogen and oxygen atoms in total. The Bertz CT molecular complexity index is 1590. The predicted octanol–water partition coefficient (Wildman–Crippen LogP) is 8.84. The number of phosphoric ester groups is 1. The first kappa shape index (κ1) is 75.7. The molecule has 2 aliphatic heterocycles. The van der Waals surface area contributed by atoms with Gasteiger partial charge in [-0.25, -0.2) is 4.57 Å². The van der Waals surface area contributed by atoms with E-state index >= 15 is 0 Å². The monoisotopic (exact) mass is 1190 g/mol. The van der Waals surface area contributed by atoms with Crippen molar-refractivity contribution < 1.29 is 96.7 Å². The largest absolute Gasteiger partial charge is 0.472 e. The number of unbranched alkanes of at least 4 members (excludes halogenated alkanes) is 26. The summed E-state index contributed by atoms with van der Waals surface area (Å²) in [5.41, 5.74) is 0. The standard InChI is InChI=1S/C60H116NO19P/c1-6-8-9-10-11-12-13-17-23-28-33-38-51(64)74-45-48(46-76-81(71,72)75-42-40-61(3,4)5)73-41-35-30-25-20-15-14-16-21-26-31-36-47(7-2)37-32-27-22-18-19-24-29-34-39-52(65)79-59-57(70)55(68)58(50(44-63)78-59)80-60-56(69)54(67)53(66)49(43-62)77-60/h47-50,53-60,62-63,66-70H,6-46H2,1-5H3/p+1/t47-,48+,49+,50+,53+,54-,55+,56+,57+,58+,59-,60+/m0/s1. The number of aliphatic hydroxyl groups is 7. The summed E-state index contributed by atoms with van der Waals surface area (Å²) in [6, 6.07) is 0. The van der Waals surface area contributed by atoms with Crippen molar-refractivity contribution in [2.45, 2.75) is 300 Å². The van der Waals surface area contributed by atoms with Crippen molar-refractivity contribution >= 4 is 19.8 Å². The van der Waals surface area contributed by atoms with E-state index in [0.717, 1.165) is 70.1 Å². The van der Waals surface area contributed by atoms with Gasteiger partial charge in [0.15, 0.2) is 6.29 Å². The maximum atomic E-state index is 12.6. The van der Waals surface area contributed by atoms with Crippen LogP contribution in [0.1, 0.15) is 232 Å². The van der Waals surface area contributed by atoms with E-state index in [9.17, 15) is 54.8 Å². The van der Waals surface area contributed by atoms with Crippen molar-refractivity contribution in [1.29, 1.82) is 0 Å². The third-order valence-electron chi connectivity index (χ3n) is 15.7. The number of likely N-dealkylation sites (N-methyl/N-ethyl adjacent to an activating group) is 1. The molecule has 1 unspecified atom stereocenters. The van der Waals surface area contributed by atoms with Gasteiger partial charge in [-0.05, 0) is 25.2 Å². The second-order valence-corrected chi connectivity index (χ2v) is 25.5. The van der Waals surface area contributed by atoms with Gasteiger partial charge >= 0.3 is 19.8 Å². The van der Waals surface area contributed by atoms with Crippen LogP contribution < -0.4 is 0 Å². The molecule has 2 aliphatic rings. The Labute approximate surface area is 487 Å². The number of esters is 2. The van der Waals surface area contributed by atoms with E-state index in [-0.39, 0.29) is 32.2 Å². The molecule has 480 valence electrons. The third kappa shape index (κ3) is 35.7. The second kappa shape index (κ2) is 45.8. The van der Waals surface area contributed by atoms with Crippen molar-refractivity contribution in [2.24, 2.45) is 5.92 Å². The summed E-state index contributed by atoms with van der Waals surface area (Å²) >= 11 is 0. The van der Waals surface area contributed by atoms with Gasteiger partial charge in [0.05, 0.1) is 41.0 Å². The van der Waals surface area contributed by atoms with E-state index in [2.05, 4.69) is 13.8 Å². The van der Waals surface area contributed by atoms with E-state index in [1.165, 1.54) is 135 Å². The topological polar surface area (TPSA) is 287 Å². The molecule has 0 amide bonds. The number of ether oxygens (including phenoxy) is 6. The van der Waals surface area contributed by atoms with Gasteiger partial charge in [0.25, 0.3) is 0 Å². The van der Waals surface area contributed by atoms with Crippen LogP contribution in [0.4, 0.5) is 0 Å². The van der Waals surface area contributed by atoms with Crippen LogP contribution in [0, 0.1) is 5.92 Å². The minimum Gasteiger partial charge on any atom is -0.463 e. The van der Waals surface area contributed by atoms with Crippen LogP contribution in [-0.2, 0) is 51.6 Å². The molecular weight excluding hydrogens is 1070 g/mol. The zero-order chi connectivity index (χ0) is 59.7. The molecule has 8 N–H and O–H groups in total. The van der Waals surface area contributed by atoms with Crippen LogP contribution in [0.3, 0.4) is 0 Å². The van der Waals surface area contributed by atoms with Gasteiger partial charge < -0.3 is 73.5 Å². The Morgan fingerprint density at radius 2 is 0.975 bits per heavy atom. The summed E-state index contributed by atoms with van der Waals surface area (Å²) in [6.07, 6.45) is 21.0. The third-order valence-corrected chi connectivity index (χ3v) is 16.7. The average molecular weight is 1190 g/mol. The van der Waals surface area contributed by atoms with Gasteiger partial charge in [-0.2, -0.15) is 0 Å². The van der Waals surface area contributed by atoms with Crippen LogP contribution in [0.5, 0.6) is 0 Å². The highest BCUT2D eigenvalue weighted by atomic mass is 31.2. The number of quaternary nitrogens is 1. The normalized spacial score (nSPS) is 24.9. The Kier molecular flexibility index (Phi) is 42.8. The fourth-order valence-corrected chi connectivity index (χ4v) is 11.1. The Hall–Kier alpha value is -1.43. The van der Waals surface area contributed by atoms with Crippen LogP contribution >= 0.6 is 7.82 Å². The fourth-order valence-electron chi connectivity index (χ4n) is 10.3. The summed E-state index contributed by atoms with van der Waals surface area (Å²) < 4.78 is 56.9. The Morgan fingerprint density at radius 3 is 1.47 bits per heavy atom. The van der Waals surface area contributed by atoms with Crippen LogP contribution in [0.15, 0.2) is 0 Å². The molecule has 0 saturated carbocycles. The molecule has 81 heavy (non-hydrogen) atoms. The molecule has 2 saturated heterocycles. The number of phosphoric acid groups is 1. The molecule has 0 aromatic carbocycles. The Morgan fingerprint density at radius 1 is 0.519 bits per heavy atom. The van der Waals surface area contributed by atoms with Crippen molar-refractivity contribution in [2.75, 3.05) is 67.3 Å². The minimum atomic E-state index is -4.29. The van der Waals surface area contributed by atoms with Crippen molar-refractivity contribution in [3.05, 3.63) is 0 Å². The number of hydrogen-bond acceptors (Lipinski definition) is 18. The molecule has 13 atom stereocenters. The number of nitrogens with zero attached hydrogens (tertiary/aromatic N) is 1. The lowest BCUT2D eigenvalue weighted by molar-refractivity contribution is -0.870. The first-order chi connectivity index (χ1) is 38.9. The van der Waals surface area contributed by atoms with Gasteiger partial charge in [-0.3, -0.25) is 18.6 Å². The molecule has 21 heteroatoms. The smallest absolute Gasteiger partial charge is 0.463 e. The first-order valence-corrected chi connectivity index (χ1v) is 33.3. The Balaban J connectivity index is 1.49. The molecule has 0 aromatic heterocycles. The van der Waals surface area contributed by atoms with Crippen molar-refractivity contribution in [3.63, 3.8) is 0 Å². The number of rotatable bonds is 52. The lowest BCUT2D eigenvalue weighted by atomic mass is 9.92. The summed E-state index contributed by atoms with van der Waals surface area (Å²) in [6.45, 7) is 3.97. The summed E-state index contributed by atoms with van der Waals surface area (Å²) in [7, 11) is 1.63. The van der Waals surface area contributed by atoms with Crippen LogP contribution in [0.2, 0.25) is 0 Å². The molecular formula is C60H117NO19P+. The number of aliphatic hydroxyl groups excluding tert-OH is 7. The van der Waals surface area contributed by atoms with Gasteiger partial charge in [0, 0.05) is 19.4 Å². The van der Waals surface area contributed by atoms with Crippen molar-refractivity contribution in [1.82, 2.24) is 0 Å². The van der Waals surface area contributed by atoms with E-state index in [4.69, 9.17) is 37.5 Å². The molecule has 0 spiro atoms. The van der Waals surface area contributed by atoms with Gasteiger partial charge in [-0.15, -0.1) is 0 Å². The van der Waals surface area contributed by atoms with E-state index in [1.807, 2.05) is 21.1 Å². The average Bonchev–Trinajstić information content (AvgIpc) is 3.48. The lowest BCUT2D eigenvalue weighted by Gasteiger charge is -2.45. The quantitative estimate of drug-likeness (QED) is 0.0122. The summed E-state index contributed by atoms with van der Waals surface area (Å²) in [5, 5.41) is 71.3. The number of hydrogen-bond donors (Lipinski definition) is 8. The SMILES string of the molecule is CCCCCCCCCCCCCC(=O)OC[C@H](COP(=O)(O)OCC[N+](C)(C)C)OCCCCCCCCCCCC[C@H](CC)CCCCCCCCCCC(=O)O[C@@H]1O[C@H](CO)[C@@H](O[C@H]2O[C@H](CO)[C@@H](O)[C@H](O)[C@H]2O)[C@H](O)[C@H]1O. The van der Waals surface area contributed by atoms with Crippen LogP contribution in [0.25, 0.3) is 0 Å². The number of carbonyl (C=O) groups is 2. The van der Waals surface area contributed by atoms with E-state index in [1.54, 1.807) is 0 Å². The molecule has 2 fully saturated rings. The zero-order valence-electron chi connectivity index (χ0n) is 50.9. The highest BCUT2D eigenvalue weighted by Crippen LogP contribution is 2.43. The van der Waals surface area contributed by atoms with Gasteiger partial charge in [0.1, 0.15) is 74.7 Å². The molecule has 0 aliphatic carbocycles. The van der Waals surface area contributed by atoms with Crippen LogP contribution in [-0.4, -0.2) is 192 Å². The minimum absolute atomic E-state index is 0.0314. The van der Waals surface area contributed by atoms with E-state index in [0.29, 0.717) is 30.5 Å².